The SMILES string of the molecule is CCNC(=NCc1cccnc1OC1CCCC1)NC(C)CC. The summed E-state index contributed by atoms with van der Waals surface area (Å²) in [5.74, 6) is 1.58. The number of pyridine rings is 1. The van der Waals surface area contributed by atoms with Gasteiger partial charge in [0, 0.05) is 24.3 Å². The molecule has 5 nitrogen and oxygen atoms in total. The zero-order chi connectivity index (χ0) is 16.5. The lowest BCUT2D eigenvalue weighted by Gasteiger charge is -2.17. The fourth-order valence-corrected chi connectivity index (χ4v) is 2.63. The first kappa shape index (κ1) is 17.6. The molecule has 2 N–H and O–H groups in total. The Kier molecular flexibility index (Phi) is 7.17. The Morgan fingerprint density at radius 3 is 2.87 bits per heavy atom. The van der Waals surface area contributed by atoms with Gasteiger partial charge in [-0.15, -0.1) is 0 Å². The first-order chi connectivity index (χ1) is 11.2. The third kappa shape index (κ3) is 5.73. The van der Waals surface area contributed by atoms with Crippen LogP contribution in [0.15, 0.2) is 23.3 Å². The molecule has 0 bridgehead atoms. The van der Waals surface area contributed by atoms with Crippen molar-refractivity contribution >= 4 is 5.96 Å². The van der Waals surface area contributed by atoms with Gasteiger partial charge in [-0.25, -0.2) is 9.98 Å². The molecular weight excluding hydrogens is 288 g/mol. The molecule has 1 aromatic heterocycles. The van der Waals surface area contributed by atoms with Crippen molar-refractivity contribution in [1.29, 1.82) is 0 Å². The minimum atomic E-state index is 0.319. The number of hydrogen-bond donors (Lipinski definition) is 2. The summed E-state index contributed by atoms with van der Waals surface area (Å²) in [6, 6.07) is 4.39. The lowest BCUT2D eigenvalue weighted by molar-refractivity contribution is 0.199. The largest absolute Gasteiger partial charge is 0.474 e. The minimum absolute atomic E-state index is 0.319. The molecule has 1 aliphatic carbocycles. The van der Waals surface area contributed by atoms with E-state index < -0.39 is 0 Å². The predicted molar refractivity (Wildman–Crippen MR) is 94.8 cm³/mol. The molecule has 0 aromatic carbocycles. The van der Waals surface area contributed by atoms with Gasteiger partial charge in [-0.1, -0.05) is 13.0 Å². The van der Waals surface area contributed by atoms with Crippen LogP contribution in [-0.4, -0.2) is 29.6 Å². The Bertz CT molecular complexity index is 498. The minimum Gasteiger partial charge on any atom is -0.474 e. The highest BCUT2D eigenvalue weighted by molar-refractivity contribution is 5.80. The lowest BCUT2D eigenvalue weighted by Crippen LogP contribution is -2.41. The van der Waals surface area contributed by atoms with Crippen LogP contribution in [0.2, 0.25) is 0 Å². The van der Waals surface area contributed by atoms with Gasteiger partial charge in [-0.3, -0.25) is 0 Å². The van der Waals surface area contributed by atoms with Crippen LogP contribution in [0.25, 0.3) is 0 Å². The van der Waals surface area contributed by atoms with E-state index >= 15 is 0 Å². The molecule has 0 radical (unpaired) electrons. The van der Waals surface area contributed by atoms with Gasteiger partial charge in [-0.2, -0.15) is 0 Å². The molecule has 1 heterocycles. The van der Waals surface area contributed by atoms with E-state index in [0.29, 0.717) is 18.7 Å². The molecule has 0 amide bonds. The molecule has 128 valence electrons. The fraction of sp³-hybridized carbons (Fsp3) is 0.667. The maximum atomic E-state index is 6.08. The Morgan fingerprint density at radius 1 is 1.39 bits per heavy atom. The smallest absolute Gasteiger partial charge is 0.218 e. The highest BCUT2D eigenvalue weighted by atomic mass is 16.5. The maximum Gasteiger partial charge on any atom is 0.218 e. The van der Waals surface area contributed by atoms with E-state index in [9.17, 15) is 0 Å². The van der Waals surface area contributed by atoms with Gasteiger partial charge in [0.25, 0.3) is 0 Å². The number of rotatable bonds is 7. The highest BCUT2D eigenvalue weighted by Gasteiger charge is 2.18. The molecule has 0 aliphatic heterocycles. The second-order valence-electron chi connectivity index (χ2n) is 6.14. The monoisotopic (exact) mass is 318 g/mol. The summed E-state index contributed by atoms with van der Waals surface area (Å²) in [6.45, 7) is 7.82. The van der Waals surface area contributed by atoms with Gasteiger partial charge in [0.1, 0.15) is 6.10 Å². The normalized spacial score (nSPS) is 17.1. The third-order valence-electron chi connectivity index (χ3n) is 4.18. The molecular formula is C18H30N4O. The highest BCUT2D eigenvalue weighted by Crippen LogP contribution is 2.25. The molecule has 0 saturated heterocycles. The van der Waals surface area contributed by atoms with E-state index in [1.54, 1.807) is 6.20 Å². The van der Waals surface area contributed by atoms with Crippen molar-refractivity contribution in [1.82, 2.24) is 15.6 Å². The number of nitrogens with one attached hydrogen (secondary N) is 2. The Balaban J connectivity index is 2.03. The van der Waals surface area contributed by atoms with Crippen LogP contribution in [-0.2, 0) is 6.54 Å². The van der Waals surface area contributed by atoms with Crippen molar-refractivity contribution in [2.24, 2.45) is 4.99 Å². The second kappa shape index (κ2) is 9.38. The predicted octanol–water partition coefficient (Wildman–Crippen LogP) is 3.26. The van der Waals surface area contributed by atoms with Crippen LogP contribution in [0.5, 0.6) is 5.88 Å². The summed E-state index contributed by atoms with van der Waals surface area (Å²) in [5, 5.41) is 6.70. The molecule has 1 unspecified atom stereocenters. The van der Waals surface area contributed by atoms with E-state index in [1.165, 1.54) is 12.8 Å². The number of aromatic nitrogens is 1. The standard InChI is InChI=1S/C18H30N4O/c1-4-14(3)22-18(19-5-2)21-13-15-9-8-12-20-17(15)23-16-10-6-7-11-16/h8-9,12,14,16H,4-7,10-11,13H2,1-3H3,(H2,19,21,22). The van der Waals surface area contributed by atoms with Gasteiger partial charge in [0.2, 0.25) is 5.88 Å². The summed E-state index contributed by atoms with van der Waals surface area (Å²) in [6.07, 6.45) is 7.96. The van der Waals surface area contributed by atoms with Crippen LogP contribution in [0.4, 0.5) is 0 Å². The van der Waals surface area contributed by atoms with Crippen molar-refractivity contribution in [3.63, 3.8) is 0 Å². The van der Waals surface area contributed by atoms with Crippen molar-refractivity contribution in [2.45, 2.75) is 71.6 Å². The van der Waals surface area contributed by atoms with E-state index in [1.807, 2.05) is 12.1 Å². The van der Waals surface area contributed by atoms with Gasteiger partial charge >= 0.3 is 0 Å². The maximum absolute atomic E-state index is 6.08. The zero-order valence-corrected chi connectivity index (χ0v) is 14.6. The summed E-state index contributed by atoms with van der Waals surface area (Å²) in [4.78, 5) is 9.09. The molecule has 1 aliphatic rings. The molecule has 2 rings (SSSR count). The summed E-state index contributed by atoms with van der Waals surface area (Å²) in [7, 11) is 0. The number of hydrogen-bond acceptors (Lipinski definition) is 3. The van der Waals surface area contributed by atoms with Crippen LogP contribution >= 0.6 is 0 Å². The topological polar surface area (TPSA) is 58.5 Å². The average Bonchev–Trinajstić information content (AvgIpc) is 3.07. The van der Waals surface area contributed by atoms with E-state index in [2.05, 4.69) is 41.4 Å². The molecule has 1 fully saturated rings. The molecule has 1 saturated carbocycles. The van der Waals surface area contributed by atoms with Crippen molar-refractivity contribution in [3.8, 4) is 5.88 Å². The third-order valence-corrected chi connectivity index (χ3v) is 4.18. The zero-order valence-electron chi connectivity index (χ0n) is 14.6. The van der Waals surface area contributed by atoms with E-state index in [-0.39, 0.29) is 0 Å². The summed E-state index contributed by atoms with van der Waals surface area (Å²) >= 11 is 0. The molecule has 5 heteroatoms. The molecule has 1 aromatic rings. The van der Waals surface area contributed by atoms with Crippen molar-refractivity contribution in [2.75, 3.05) is 6.54 Å². The Labute approximate surface area is 139 Å². The van der Waals surface area contributed by atoms with Crippen LogP contribution < -0.4 is 15.4 Å². The van der Waals surface area contributed by atoms with Gasteiger partial charge in [0.05, 0.1) is 6.54 Å². The van der Waals surface area contributed by atoms with Crippen LogP contribution in [0.1, 0.15) is 58.4 Å². The average molecular weight is 318 g/mol. The van der Waals surface area contributed by atoms with Gasteiger partial charge in [0.15, 0.2) is 5.96 Å². The first-order valence-electron chi connectivity index (χ1n) is 8.88. The van der Waals surface area contributed by atoms with Gasteiger partial charge < -0.3 is 15.4 Å². The van der Waals surface area contributed by atoms with Crippen molar-refractivity contribution in [3.05, 3.63) is 23.9 Å². The van der Waals surface area contributed by atoms with E-state index in [0.717, 1.165) is 43.2 Å². The molecule has 1 atom stereocenters. The fourth-order valence-electron chi connectivity index (χ4n) is 2.63. The van der Waals surface area contributed by atoms with E-state index in [4.69, 9.17) is 4.74 Å². The Hall–Kier alpha value is -1.78. The van der Waals surface area contributed by atoms with Gasteiger partial charge in [-0.05, 0) is 52.0 Å². The second-order valence-corrected chi connectivity index (χ2v) is 6.14. The molecule has 0 spiro atoms. The summed E-state index contributed by atoms with van der Waals surface area (Å²) in [5.41, 5.74) is 1.04. The van der Waals surface area contributed by atoms with Crippen LogP contribution in [0.3, 0.4) is 0 Å². The number of guanidine groups is 1. The number of ether oxygens (including phenoxy) is 1. The summed E-state index contributed by atoms with van der Waals surface area (Å²) < 4.78 is 6.08. The molecule has 23 heavy (non-hydrogen) atoms. The lowest BCUT2D eigenvalue weighted by atomic mass is 10.2. The first-order valence-corrected chi connectivity index (χ1v) is 8.88. The quantitative estimate of drug-likeness (QED) is 0.598. The van der Waals surface area contributed by atoms with Crippen LogP contribution in [0, 0.1) is 0 Å². The number of aliphatic imine (C=N–C) groups is 1. The van der Waals surface area contributed by atoms with Crippen molar-refractivity contribution < 1.29 is 4.74 Å². The Morgan fingerprint density at radius 2 is 2.17 bits per heavy atom. The number of nitrogens with zero attached hydrogens (tertiary/aromatic N) is 2.